The summed E-state index contributed by atoms with van der Waals surface area (Å²) in [5.74, 6) is 0.376. The molecule has 0 aliphatic heterocycles. The molecule has 0 saturated heterocycles. The summed E-state index contributed by atoms with van der Waals surface area (Å²) in [6, 6.07) is 10.0. The highest BCUT2D eigenvalue weighted by Crippen LogP contribution is 2.36. The van der Waals surface area contributed by atoms with Crippen LogP contribution in [0.1, 0.15) is 78.1 Å². The van der Waals surface area contributed by atoms with Crippen molar-refractivity contribution in [2.24, 2.45) is 0 Å². The van der Waals surface area contributed by atoms with Crippen molar-refractivity contribution in [1.29, 1.82) is 0 Å². The number of phenols is 1. The lowest BCUT2D eigenvalue weighted by molar-refractivity contribution is 0.303. The summed E-state index contributed by atoms with van der Waals surface area (Å²) in [5.41, 5.74) is 0.0204. The first-order valence-electron chi connectivity index (χ1n) is 12.9. The maximum Gasteiger partial charge on any atom is 0.238 e. The second-order valence-corrected chi connectivity index (χ2v) is 8.97. The second kappa shape index (κ2) is 13.7. The molecule has 3 rings (SSSR count). The van der Waals surface area contributed by atoms with E-state index in [2.05, 4.69) is 13.8 Å². The molecule has 2 N–H and O–H groups in total. The average Bonchev–Trinajstić information content (AvgIpc) is 2.86. The highest BCUT2D eigenvalue weighted by Gasteiger charge is 2.19. The van der Waals surface area contributed by atoms with Gasteiger partial charge in [0.15, 0.2) is 5.76 Å². The van der Waals surface area contributed by atoms with Gasteiger partial charge in [0, 0.05) is 17.7 Å². The van der Waals surface area contributed by atoms with E-state index in [1.165, 1.54) is 44.6 Å². The number of rotatable bonds is 15. The maximum atomic E-state index is 12.8. The molecule has 3 aromatic rings. The van der Waals surface area contributed by atoms with Crippen LogP contribution < -0.4 is 14.9 Å². The summed E-state index contributed by atoms with van der Waals surface area (Å²) in [6.07, 6.45) is 11.4. The number of benzene rings is 2. The van der Waals surface area contributed by atoms with Gasteiger partial charge in [0.2, 0.25) is 11.2 Å². The summed E-state index contributed by atoms with van der Waals surface area (Å²) < 4.78 is 17.5. The summed E-state index contributed by atoms with van der Waals surface area (Å²) >= 11 is 0. The molecule has 0 unspecified atom stereocenters. The molecule has 2 aromatic carbocycles. The van der Waals surface area contributed by atoms with Crippen molar-refractivity contribution in [3.05, 3.63) is 46.6 Å². The average molecular weight is 483 g/mol. The monoisotopic (exact) mass is 482 g/mol. The summed E-state index contributed by atoms with van der Waals surface area (Å²) in [4.78, 5) is 12.8. The first-order valence-corrected chi connectivity index (χ1v) is 12.9. The molecule has 0 spiro atoms. The van der Waals surface area contributed by atoms with Gasteiger partial charge in [-0.15, -0.1) is 0 Å². The van der Waals surface area contributed by atoms with Gasteiger partial charge in [-0.1, -0.05) is 65.2 Å². The van der Waals surface area contributed by atoms with E-state index in [4.69, 9.17) is 13.9 Å². The predicted molar refractivity (Wildman–Crippen MR) is 140 cm³/mol. The smallest absolute Gasteiger partial charge is 0.238 e. The van der Waals surface area contributed by atoms with E-state index < -0.39 is 11.2 Å². The first kappa shape index (κ1) is 26.5. The van der Waals surface area contributed by atoms with Crippen molar-refractivity contribution in [2.75, 3.05) is 13.2 Å². The Morgan fingerprint density at radius 1 is 0.743 bits per heavy atom. The van der Waals surface area contributed by atoms with E-state index in [9.17, 15) is 15.0 Å². The molecule has 0 bridgehead atoms. The third kappa shape index (κ3) is 7.41. The fraction of sp³-hybridized carbons (Fsp3) is 0.483. The zero-order chi connectivity index (χ0) is 25.0. The molecule has 35 heavy (non-hydrogen) atoms. The Kier molecular flexibility index (Phi) is 10.3. The molecular formula is C29H38O6. The standard InChI is InChI=1S/C29H38O6/c1-3-5-7-9-11-17-33-22-15-13-21(14-16-22)29-28(32)27(31)26-24(30)19-23(20-25(26)35-29)34-18-12-10-8-6-4-2/h13-16,19-20,30,32H,3-12,17-18H2,1-2H3. The quantitative estimate of drug-likeness (QED) is 0.217. The Bertz CT molecular complexity index is 1120. The fourth-order valence-corrected chi connectivity index (χ4v) is 4.04. The Labute approximate surface area is 207 Å². The predicted octanol–water partition coefficient (Wildman–Crippen LogP) is 7.57. The molecule has 0 fully saturated rings. The van der Waals surface area contributed by atoms with Crippen molar-refractivity contribution in [3.8, 4) is 34.3 Å². The number of ether oxygens (including phenoxy) is 2. The molecule has 1 aromatic heterocycles. The maximum absolute atomic E-state index is 12.8. The highest BCUT2D eigenvalue weighted by molar-refractivity contribution is 5.88. The summed E-state index contributed by atoms with van der Waals surface area (Å²) in [7, 11) is 0. The molecule has 1 heterocycles. The first-order chi connectivity index (χ1) is 17.0. The Balaban J connectivity index is 1.72. The van der Waals surface area contributed by atoms with Crippen LogP contribution >= 0.6 is 0 Å². The van der Waals surface area contributed by atoms with E-state index in [1.54, 1.807) is 30.3 Å². The third-order valence-corrected chi connectivity index (χ3v) is 6.07. The van der Waals surface area contributed by atoms with Gasteiger partial charge in [0.25, 0.3) is 0 Å². The fourth-order valence-electron chi connectivity index (χ4n) is 4.04. The van der Waals surface area contributed by atoms with Crippen molar-refractivity contribution < 1.29 is 24.1 Å². The van der Waals surface area contributed by atoms with Crippen LogP contribution in [-0.2, 0) is 0 Å². The van der Waals surface area contributed by atoms with E-state index in [-0.39, 0.29) is 22.5 Å². The van der Waals surface area contributed by atoms with E-state index >= 15 is 0 Å². The normalized spacial score (nSPS) is 11.1. The zero-order valence-electron chi connectivity index (χ0n) is 21.0. The minimum atomic E-state index is -0.683. The van der Waals surface area contributed by atoms with Crippen LogP contribution in [0, 0.1) is 0 Å². The van der Waals surface area contributed by atoms with Gasteiger partial charge in [0.1, 0.15) is 28.2 Å². The molecule has 0 atom stereocenters. The Morgan fingerprint density at radius 3 is 1.91 bits per heavy atom. The summed E-state index contributed by atoms with van der Waals surface area (Å²) in [6.45, 7) is 5.54. The van der Waals surface area contributed by atoms with Crippen LogP contribution in [0.2, 0.25) is 0 Å². The van der Waals surface area contributed by atoms with Crippen molar-refractivity contribution in [2.45, 2.75) is 78.1 Å². The minimum absolute atomic E-state index is 0.0460. The van der Waals surface area contributed by atoms with Gasteiger partial charge in [-0.05, 0) is 37.1 Å². The lowest BCUT2D eigenvalue weighted by Crippen LogP contribution is -2.04. The number of fused-ring (bicyclic) bond motifs is 1. The minimum Gasteiger partial charge on any atom is -0.507 e. The van der Waals surface area contributed by atoms with Gasteiger partial charge >= 0.3 is 0 Å². The molecule has 6 heteroatoms. The summed E-state index contributed by atoms with van der Waals surface area (Å²) in [5, 5.41) is 20.9. The Hall–Kier alpha value is -3.15. The van der Waals surface area contributed by atoms with Crippen LogP contribution in [0.5, 0.6) is 23.0 Å². The number of unbranched alkanes of at least 4 members (excludes halogenated alkanes) is 8. The molecule has 190 valence electrons. The van der Waals surface area contributed by atoms with Crippen molar-refractivity contribution >= 4 is 11.0 Å². The number of aromatic hydroxyl groups is 2. The van der Waals surface area contributed by atoms with Gasteiger partial charge in [0.05, 0.1) is 13.2 Å². The molecular weight excluding hydrogens is 444 g/mol. The van der Waals surface area contributed by atoms with Crippen molar-refractivity contribution in [3.63, 3.8) is 0 Å². The molecule has 0 radical (unpaired) electrons. The lowest BCUT2D eigenvalue weighted by Gasteiger charge is -2.11. The molecule has 0 saturated carbocycles. The number of hydrogen-bond acceptors (Lipinski definition) is 6. The van der Waals surface area contributed by atoms with Crippen LogP contribution in [0.4, 0.5) is 0 Å². The van der Waals surface area contributed by atoms with Crippen LogP contribution in [-0.4, -0.2) is 23.4 Å². The number of phenolic OH excluding ortho intramolecular Hbond substituents is 1. The van der Waals surface area contributed by atoms with Crippen LogP contribution in [0.3, 0.4) is 0 Å². The molecule has 0 amide bonds. The van der Waals surface area contributed by atoms with E-state index in [0.717, 1.165) is 31.4 Å². The second-order valence-electron chi connectivity index (χ2n) is 8.97. The molecule has 0 aliphatic rings. The zero-order valence-corrected chi connectivity index (χ0v) is 21.0. The van der Waals surface area contributed by atoms with Crippen LogP contribution in [0.25, 0.3) is 22.3 Å². The molecule has 6 nitrogen and oxygen atoms in total. The number of hydrogen-bond donors (Lipinski definition) is 2. The topological polar surface area (TPSA) is 89.1 Å². The lowest BCUT2D eigenvalue weighted by atomic mass is 10.1. The Morgan fingerprint density at radius 2 is 1.31 bits per heavy atom. The van der Waals surface area contributed by atoms with Crippen molar-refractivity contribution in [1.82, 2.24) is 0 Å². The molecule has 0 aliphatic carbocycles. The SMILES string of the molecule is CCCCCCCOc1ccc(-c2oc3cc(OCCCCCCC)cc(O)c3c(=O)c2O)cc1. The largest absolute Gasteiger partial charge is 0.507 e. The van der Waals surface area contributed by atoms with Gasteiger partial charge in [-0.2, -0.15) is 0 Å². The van der Waals surface area contributed by atoms with Gasteiger partial charge in [-0.25, -0.2) is 0 Å². The van der Waals surface area contributed by atoms with Crippen LogP contribution in [0.15, 0.2) is 45.6 Å². The van der Waals surface area contributed by atoms with E-state index in [1.807, 2.05) is 0 Å². The van der Waals surface area contributed by atoms with Gasteiger partial charge in [-0.3, -0.25) is 4.79 Å². The van der Waals surface area contributed by atoms with Gasteiger partial charge < -0.3 is 24.1 Å². The highest BCUT2D eigenvalue weighted by atomic mass is 16.5. The third-order valence-electron chi connectivity index (χ3n) is 6.07. The van der Waals surface area contributed by atoms with E-state index in [0.29, 0.717) is 24.5 Å².